The Morgan fingerprint density at radius 2 is 1.37 bits per heavy atom. The Kier molecular flexibility index (Phi) is 8.59. The van der Waals surface area contributed by atoms with Crippen LogP contribution in [-0.4, -0.2) is 67.5 Å². The number of hydrogen-bond donors (Lipinski definition) is 3. The van der Waals surface area contributed by atoms with Crippen LogP contribution < -0.4 is 9.80 Å². The second-order valence-corrected chi connectivity index (χ2v) is 16.8. The minimum absolute atomic E-state index is 0.140. The summed E-state index contributed by atoms with van der Waals surface area (Å²) < 4.78 is 64.5. The van der Waals surface area contributed by atoms with Crippen LogP contribution in [0.25, 0.3) is 0 Å². The lowest BCUT2D eigenvalue weighted by molar-refractivity contribution is -0.113. The van der Waals surface area contributed by atoms with Crippen LogP contribution >= 0.6 is 0 Å². The Balaban J connectivity index is 1.52. The van der Waals surface area contributed by atoms with E-state index in [1.165, 1.54) is 0 Å². The average molecular weight is 671 g/mol. The molecule has 3 N–H and O–H groups in total. The number of hydrogen-bond acceptors (Lipinski definition) is 8. The van der Waals surface area contributed by atoms with E-state index in [9.17, 15) is 35.8 Å². The fourth-order valence-electron chi connectivity index (χ4n) is 7.01. The highest BCUT2D eigenvalue weighted by atomic mass is 32.2. The molecule has 2 heterocycles. The molecule has 0 saturated heterocycles. The molecule has 0 amide bonds. The second-order valence-electron chi connectivity index (χ2n) is 13.7. The van der Waals surface area contributed by atoms with Crippen LogP contribution in [0, 0.1) is 13.8 Å². The van der Waals surface area contributed by atoms with Gasteiger partial charge in [-0.15, -0.1) is 0 Å². The molecule has 0 saturated carbocycles. The van der Waals surface area contributed by atoms with E-state index in [0.717, 1.165) is 39.3 Å². The fraction of sp³-hybridized carbons (Fsp3) is 0.441. The van der Waals surface area contributed by atoms with Crippen molar-refractivity contribution in [2.45, 2.75) is 71.3 Å². The van der Waals surface area contributed by atoms with Crippen LogP contribution in [-0.2, 0) is 35.9 Å². The van der Waals surface area contributed by atoms with E-state index in [1.807, 2.05) is 75.6 Å². The molecule has 2 aromatic carbocycles. The number of nitrogens with zero attached hydrogens (tertiary/aromatic N) is 2. The molecule has 0 aromatic heterocycles. The highest BCUT2D eigenvalue weighted by Gasteiger charge is 2.46. The van der Waals surface area contributed by atoms with Gasteiger partial charge >= 0.3 is 0 Å². The van der Waals surface area contributed by atoms with Gasteiger partial charge in [-0.1, -0.05) is 63.1 Å². The molecule has 2 aliphatic heterocycles. The third-order valence-electron chi connectivity index (χ3n) is 9.47. The molecular weight excluding hydrogens is 629 g/mol. The molecule has 0 radical (unpaired) electrons. The van der Waals surface area contributed by atoms with Crippen molar-refractivity contribution < 1.29 is 35.8 Å². The fourth-order valence-corrected chi connectivity index (χ4v) is 8.00. The Labute approximate surface area is 271 Å². The summed E-state index contributed by atoms with van der Waals surface area (Å²) in [5.74, 6) is -1.27. The van der Waals surface area contributed by atoms with Crippen molar-refractivity contribution in [2.75, 3.05) is 34.4 Å². The van der Waals surface area contributed by atoms with Gasteiger partial charge in [0.2, 0.25) is 0 Å². The van der Waals surface area contributed by atoms with Crippen molar-refractivity contribution in [3.63, 3.8) is 0 Å². The largest absolute Gasteiger partial charge is 0.506 e. The maximum atomic E-state index is 13.7. The zero-order chi connectivity index (χ0) is 34.0. The van der Waals surface area contributed by atoms with Gasteiger partial charge < -0.3 is 14.9 Å². The molecule has 0 bridgehead atoms. The first-order chi connectivity index (χ1) is 21.2. The third-order valence-corrected chi connectivity index (χ3v) is 11.1. The van der Waals surface area contributed by atoms with Gasteiger partial charge in [0.1, 0.15) is 5.76 Å². The minimum Gasteiger partial charge on any atom is -0.506 e. The third kappa shape index (κ3) is 6.27. The monoisotopic (exact) mass is 670 g/mol. The number of Topliss-reactive ketones (excluding diaryl/α,β-unsaturated/α-hetero) is 1. The lowest BCUT2D eigenvalue weighted by Gasteiger charge is -2.34. The topological polar surface area (TPSA) is 153 Å². The van der Waals surface area contributed by atoms with Crippen LogP contribution in [0.15, 0.2) is 71.2 Å². The van der Waals surface area contributed by atoms with Crippen LogP contribution in [0.2, 0.25) is 0 Å². The second kappa shape index (κ2) is 11.7. The van der Waals surface area contributed by atoms with Gasteiger partial charge in [-0.3, -0.25) is 13.9 Å². The van der Waals surface area contributed by atoms with Gasteiger partial charge in [-0.05, 0) is 62.1 Å². The quantitative estimate of drug-likeness (QED) is 0.223. The van der Waals surface area contributed by atoms with Crippen LogP contribution in [0.1, 0.15) is 62.8 Å². The number of rotatable bonds is 10. The molecule has 12 heteroatoms. The summed E-state index contributed by atoms with van der Waals surface area (Å²) in [7, 11) is -8.30. The lowest BCUT2D eigenvalue weighted by atomic mass is 9.76. The van der Waals surface area contributed by atoms with E-state index in [4.69, 9.17) is 0 Å². The molecule has 248 valence electrons. The zero-order valence-electron chi connectivity index (χ0n) is 27.0. The van der Waals surface area contributed by atoms with Crippen LogP contribution in [0.3, 0.4) is 0 Å². The summed E-state index contributed by atoms with van der Waals surface area (Å²) in [4.78, 5) is 17.7. The van der Waals surface area contributed by atoms with Gasteiger partial charge in [0, 0.05) is 41.0 Å². The van der Waals surface area contributed by atoms with Crippen molar-refractivity contribution in [1.82, 2.24) is 0 Å². The molecule has 3 aliphatic rings. The molecule has 1 atom stereocenters. The SMILES string of the molecule is Cc1ccc2c(c1)C(C)(C)/C(=C\C1=C(O)C(=CC3N(CCCS(=O)(=O)O)c4ccc(C)cc4C3(C)C)C1=O)N2CCCS(=O)(=O)O. The van der Waals surface area contributed by atoms with Crippen LogP contribution in [0.5, 0.6) is 0 Å². The smallest absolute Gasteiger partial charge is 0.264 e. The number of carbonyl (C=O) groups excluding carboxylic acids is 1. The average Bonchev–Trinajstić information content (AvgIpc) is 3.26. The van der Waals surface area contributed by atoms with E-state index in [-0.39, 0.29) is 48.1 Å². The lowest BCUT2D eigenvalue weighted by Crippen LogP contribution is -2.42. The molecule has 10 nitrogen and oxygen atoms in total. The maximum absolute atomic E-state index is 13.7. The van der Waals surface area contributed by atoms with E-state index < -0.39 is 42.6 Å². The Hall–Kier alpha value is -3.45. The van der Waals surface area contributed by atoms with Crippen molar-refractivity contribution in [1.29, 1.82) is 0 Å². The van der Waals surface area contributed by atoms with Crippen molar-refractivity contribution in [3.05, 3.63) is 93.4 Å². The summed E-state index contributed by atoms with van der Waals surface area (Å²) in [5, 5.41) is 11.3. The normalized spacial score (nSPS) is 22.1. The summed E-state index contributed by atoms with van der Waals surface area (Å²) in [6.07, 6.45) is 3.77. The first-order valence-electron chi connectivity index (χ1n) is 15.3. The summed E-state index contributed by atoms with van der Waals surface area (Å²) in [6.45, 7) is 12.7. The molecule has 1 unspecified atom stereocenters. The Morgan fingerprint density at radius 3 is 1.93 bits per heavy atom. The van der Waals surface area contributed by atoms with Crippen molar-refractivity contribution in [3.8, 4) is 0 Å². The standard InChI is InChI=1S/C34H42N2O8S2/c1-21-9-11-27-25(17-21)33(3,4)29(35(27)13-7-15-45(39,40)41)19-23-31(37)24(32(23)38)20-30-34(5,6)26-18-22(2)10-12-28(26)36(30)14-8-16-46(42,43)44/h9-12,17-20,29,37H,7-8,13-16H2,1-6H3,(H,39,40,41)(H,42,43,44)/b23-19?,30-20+. The van der Waals surface area contributed by atoms with Crippen LogP contribution in [0.4, 0.5) is 11.4 Å². The minimum atomic E-state index is -4.15. The number of allylic oxidation sites excluding steroid dienone is 4. The highest BCUT2D eigenvalue weighted by molar-refractivity contribution is 7.86. The number of anilines is 2. The number of benzene rings is 2. The maximum Gasteiger partial charge on any atom is 0.264 e. The Morgan fingerprint density at radius 1 is 0.826 bits per heavy atom. The molecule has 46 heavy (non-hydrogen) atoms. The number of ketones is 1. The van der Waals surface area contributed by atoms with Gasteiger partial charge in [0.15, 0.2) is 5.78 Å². The van der Waals surface area contributed by atoms with Gasteiger partial charge in [-0.2, -0.15) is 16.8 Å². The van der Waals surface area contributed by atoms with E-state index >= 15 is 0 Å². The molecular formula is C34H42N2O8S2. The number of fused-ring (bicyclic) bond motifs is 2. The number of aliphatic hydroxyl groups is 1. The number of aliphatic hydroxyl groups excluding tert-OH is 1. The summed E-state index contributed by atoms with van der Waals surface area (Å²) >= 11 is 0. The zero-order valence-corrected chi connectivity index (χ0v) is 28.7. The van der Waals surface area contributed by atoms with Crippen molar-refractivity contribution in [2.24, 2.45) is 0 Å². The van der Waals surface area contributed by atoms with Gasteiger partial charge in [-0.25, -0.2) is 0 Å². The first-order valence-corrected chi connectivity index (χ1v) is 18.5. The first kappa shape index (κ1) is 33.9. The molecule has 0 fully saturated rings. The molecule has 0 spiro atoms. The molecule has 1 aliphatic carbocycles. The predicted octanol–water partition coefficient (Wildman–Crippen LogP) is 5.33. The summed E-state index contributed by atoms with van der Waals surface area (Å²) in [5.41, 5.74) is 5.95. The number of aryl methyl sites for hydroxylation is 2. The van der Waals surface area contributed by atoms with E-state index in [0.29, 0.717) is 6.54 Å². The molecule has 2 aromatic rings. The Bertz CT molecular complexity index is 1920. The van der Waals surface area contributed by atoms with Gasteiger partial charge in [0.25, 0.3) is 20.2 Å². The van der Waals surface area contributed by atoms with E-state index in [1.54, 1.807) is 12.2 Å². The van der Waals surface area contributed by atoms with E-state index in [2.05, 4.69) is 12.1 Å². The predicted molar refractivity (Wildman–Crippen MR) is 180 cm³/mol. The molecule has 5 rings (SSSR count). The highest BCUT2D eigenvalue weighted by Crippen LogP contribution is 2.50. The summed E-state index contributed by atoms with van der Waals surface area (Å²) in [6, 6.07) is 11.6. The number of carbonyl (C=O) groups is 1. The van der Waals surface area contributed by atoms with Crippen molar-refractivity contribution >= 4 is 37.4 Å². The van der Waals surface area contributed by atoms with Gasteiger partial charge in [0.05, 0.1) is 28.7 Å².